The van der Waals surface area contributed by atoms with Gasteiger partial charge in [-0.05, 0) is 143 Å². The maximum absolute atomic E-state index is 6.87. The third-order valence-electron chi connectivity index (χ3n) is 17.8. The first-order chi connectivity index (χ1) is 38.7. The summed E-state index contributed by atoms with van der Waals surface area (Å²) in [6.07, 6.45) is 0. The Hall–Kier alpha value is -9.70. The van der Waals surface area contributed by atoms with Crippen LogP contribution in [0.1, 0.15) is 49.9 Å². The average Bonchev–Trinajstić information content (AvgIpc) is 4.29. The van der Waals surface area contributed by atoms with Gasteiger partial charge in [0.05, 0.1) is 22.7 Å². The molecule has 16 rings (SSSR count). The lowest BCUT2D eigenvalue weighted by molar-refractivity contribution is 0.660. The lowest BCUT2D eigenvalue weighted by atomic mass is 9.80. The molecule has 1 aromatic heterocycles. The molecule has 374 valence electrons. The van der Waals surface area contributed by atoms with Gasteiger partial charge in [0.2, 0.25) is 0 Å². The van der Waals surface area contributed by atoms with E-state index >= 15 is 0 Å². The minimum absolute atomic E-state index is 0.0934. The molecule has 0 bridgehead atoms. The van der Waals surface area contributed by atoms with Crippen molar-refractivity contribution in [3.8, 4) is 44.5 Å². The highest BCUT2D eigenvalue weighted by molar-refractivity contribution is 6.29. The van der Waals surface area contributed by atoms with Gasteiger partial charge in [-0.3, -0.25) is 0 Å². The van der Waals surface area contributed by atoms with Crippen molar-refractivity contribution in [3.63, 3.8) is 0 Å². The molecule has 0 atom stereocenters. The van der Waals surface area contributed by atoms with Crippen molar-refractivity contribution in [1.29, 1.82) is 0 Å². The fourth-order valence-electron chi connectivity index (χ4n) is 14.0. The Balaban J connectivity index is 0.903. The first-order valence-electron chi connectivity index (χ1n) is 27.7. The Morgan fingerprint density at radius 2 is 0.861 bits per heavy atom. The van der Waals surface area contributed by atoms with E-state index in [-0.39, 0.29) is 10.8 Å². The van der Waals surface area contributed by atoms with Crippen LogP contribution in [0.25, 0.3) is 98.8 Å². The number of para-hydroxylation sites is 4. The molecule has 0 amide bonds. The summed E-state index contributed by atoms with van der Waals surface area (Å²) in [5, 5.41) is 9.70. The predicted octanol–water partition coefficient (Wildman–Crippen LogP) is 21.4. The molecule has 13 aromatic carbocycles. The Labute approximate surface area is 460 Å². The molecule has 3 nitrogen and oxygen atoms in total. The second kappa shape index (κ2) is 16.9. The molecular formula is C76H54N2O. The highest BCUT2D eigenvalue weighted by Gasteiger charge is 2.39. The van der Waals surface area contributed by atoms with Gasteiger partial charge in [-0.2, -0.15) is 0 Å². The maximum atomic E-state index is 6.87. The number of hydrogen-bond acceptors (Lipinski definition) is 3. The molecule has 0 fully saturated rings. The quantitative estimate of drug-likeness (QED) is 0.141. The van der Waals surface area contributed by atoms with Crippen molar-refractivity contribution in [2.75, 3.05) is 9.80 Å². The number of anilines is 6. The van der Waals surface area contributed by atoms with Crippen molar-refractivity contribution in [2.45, 2.75) is 38.5 Å². The molecule has 2 aliphatic rings. The molecule has 0 saturated heterocycles. The lowest BCUT2D eigenvalue weighted by Crippen LogP contribution is -2.17. The van der Waals surface area contributed by atoms with Crippen LogP contribution in [0.2, 0.25) is 0 Å². The van der Waals surface area contributed by atoms with Crippen molar-refractivity contribution in [2.24, 2.45) is 0 Å². The first-order valence-corrected chi connectivity index (χ1v) is 27.7. The molecular weight excluding hydrogens is 957 g/mol. The third kappa shape index (κ3) is 6.60. The van der Waals surface area contributed by atoms with Gasteiger partial charge < -0.3 is 14.2 Å². The van der Waals surface area contributed by atoms with E-state index in [0.29, 0.717) is 0 Å². The zero-order valence-corrected chi connectivity index (χ0v) is 44.6. The van der Waals surface area contributed by atoms with E-state index in [1.165, 1.54) is 88.0 Å². The van der Waals surface area contributed by atoms with Gasteiger partial charge in [0.1, 0.15) is 5.58 Å². The minimum Gasteiger partial charge on any atom is -0.454 e. The highest BCUT2D eigenvalue weighted by Crippen LogP contribution is 2.58. The normalized spacial score (nSPS) is 13.8. The van der Waals surface area contributed by atoms with Crippen LogP contribution in [-0.2, 0) is 10.8 Å². The van der Waals surface area contributed by atoms with Gasteiger partial charge >= 0.3 is 0 Å². The van der Waals surface area contributed by atoms with Crippen LogP contribution in [0.15, 0.2) is 259 Å². The summed E-state index contributed by atoms with van der Waals surface area (Å²) in [5.41, 5.74) is 23.3. The SMILES string of the molecule is CC1(C)c2ccccc2-c2cc(N(c3ccc4c(c3)C(C)(C)c3cc5ccc6c(N(c7ccccc7-c7ccccc7)c7cccc8c7oc7ccccc78)ccc7ccc(c3-4)c5c76)c3ccccc3-c3ccccc3)ccc21. The second-order valence-corrected chi connectivity index (χ2v) is 22.8. The van der Waals surface area contributed by atoms with Crippen molar-refractivity contribution in [1.82, 2.24) is 0 Å². The maximum Gasteiger partial charge on any atom is 0.159 e. The van der Waals surface area contributed by atoms with E-state index in [2.05, 4.69) is 292 Å². The first kappa shape index (κ1) is 45.5. The molecule has 14 aromatic rings. The highest BCUT2D eigenvalue weighted by atomic mass is 16.3. The number of benzene rings is 13. The zero-order valence-electron chi connectivity index (χ0n) is 44.6. The van der Waals surface area contributed by atoms with E-state index in [9.17, 15) is 0 Å². The van der Waals surface area contributed by atoms with Gasteiger partial charge in [-0.25, -0.2) is 0 Å². The van der Waals surface area contributed by atoms with Crippen LogP contribution in [0, 0.1) is 0 Å². The van der Waals surface area contributed by atoms with E-state index in [1.54, 1.807) is 0 Å². The lowest BCUT2D eigenvalue weighted by Gasteiger charge is -2.30. The van der Waals surface area contributed by atoms with E-state index in [4.69, 9.17) is 4.42 Å². The van der Waals surface area contributed by atoms with Crippen LogP contribution < -0.4 is 9.80 Å². The number of furan rings is 1. The van der Waals surface area contributed by atoms with Gasteiger partial charge in [-0.15, -0.1) is 0 Å². The van der Waals surface area contributed by atoms with Crippen LogP contribution in [0.5, 0.6) is 0 Å². The van der Waals surface area contributed by atoms with E-state index < -0.39 is 0 Å². The van der Waals surface area contributed by atoms with Crippen molar-refractivity contribution < 1.29 is 4.42 Å². The summed E-state index contributed by atoms with van der Waals surface area (Å²) in [6, 6.07) is 94.3. The minimum atomic E-state index is -0.301. The Kier molecular flexibility index (Phi) is 9.73. The summed E-state index contributed by atoms with van der Waals surface area (Å²) in [5.74, 6) is 0. The third-order valence-corrected chi connectivity index (χ3v) is 17.8. The van der Waals surface area contributed by atoms with Crippen LogP contribution in [0.3, 0.4) is 0 Å². The van der Waals surface area contributed by atoms with E-state index in [1.807, 2.05) is 0 Å². The fourth-order valence-corrected chi connectivity index (χ4v) is 14.0. The van der Waals surface area contributed by atoms with E-state index in [0.717, 1.165) is 67.2 Å². The molecule has 3 heteroatoms. The monoisotopic (exact) mass is 1010 g/mol. The molecule has 0 spiro atoms. The van der Waals surface area contributed by atoms with Gasteiger partial charge in [-0.1, -0.05) is 222 Å². The Bertz CT molecular complexity index is 4790. The van der Waals surface area contributed by atoms with Gasteiger partial charge in [0.25, 0.3) is 0 Å². The number of hydrogen-bond donors (Lipinski definition) is 0. The second-order valence-electron chi connectivity index (χ2n) is 22.8. The van der Waals surface area contributed by atoms with Crippen LogP contribution in [0.4, 0.5) is 34.1 Å². The summed E-state index contributed by atoms with van der Waals surface area (Å²) in [4.78, 5) is 4.96. The molecule has 0 saturated carbocycles. The summed E-state index contributed by atoms with van der Waals surface area (Å²) in [6.45, 7) is 9.57. The summed E-state index contributed by atoms with van der Waals surface area (Å²) < 4.78 is 6.87. The largest absolute Gasteiger partial charge is 0.454 e. The summed E-state index contributed by atoms with van der Waals surface area (Å²) in [7, 11) is 0. The van der Waals surface area contributed by atoms with Crippen LogP contribution >= 0.6 is 0 Å². The molecule has 79 heavy (non-hydrogen) atoms. The molecule has 0 unspecified atom stereocenters. The van der Waals surface area contributed by atoms with Gasteiger partial charge in [0.15, 0.2) is 5.58 Å². The molecule has 0 radical (unpaired) electrons. The molecule has 2 aliphatic carbocycles. The standard InChI is InChI=1S/C76H54N2O/c1-75(2)62-29-15-11-26-55(62)61-45-51(38-42-63(61)75)77(66-30-16-12-24-53(66)47-20-7-5-8-21-47)52-37-41-58-64(46-52)76(3,4)65-44-50-35-39-59-68(43-36-49-34-40-60(73(58)65)72(50)71(49)59)78(67-31-17-13-25-54(67)48-22-9-6-10-23-48)69-32-19-28-57-56-27-14-18-33-70(56)79-74(57)69/h5-46H,1-4H3. The zero-order chi connectivity index (χ0) is 52.7. The smallest absolute Gasteiger partial charge is 0.159 e. The topological polar surface area (TPSA) is 19.6 Å². The van der Waals surface area contributed by atoms with Crippen molar-refractivity contribution >= 4 is 88.4 Å². The number of rotatable bonds is 8. The fraction of sp³-hybridized carbons (Fsp3) is 0.0789. The molecule has 1 heterocycles. The molecule has 0 N–H and O–H groups in total. The molecule has 0 aliphatic heterocycles. The van der Waals surface area contributed by atoms with Crippen LogP contribution in [-0.4, -0.2) is 0 Å². The Morgan fingerprint density at radius 1 is 0.304 bits per heavy atom. The number of nitrogens with zero attached hydrogens (tertiary/aromatic N) is 2. The number of fused-ring (bicyclic) bond motifs is 10. The predicted molar refractivity (Wildman–Crippen MR) is 333 cm³/mol. The Morgan fingerprint density at radius 3 is 1.63 bits per heavy atom. The van der Waals surface area contributed by atoms with Gasteiger partial charge in [0, 0.05) is 49.5 Å². The summed E-state index contributed by atoms with van der Waals surface area (Å²) >= 11 is 0. The average molecular weight is 1010 g/mol. The van der Waals surface area contributed by atoms with Crippen molar-refractivity contribution in [3.05, 3.63) is 277 Å².